The molecule has 1 nitrogen and oxygen atoms in total. The number of hydrogen-bond acceptors (Lipinski definition) is 3. The summed E-state index contributed by atoms with van der Waals surface area (Å²) in [6.45, 7) is 2.01. The maximum atomic E-state index is 10.6. The predicted molar refractivity (Wildman–Crippen MR) is 55.1 cm³/mol. The number of ketones is 1. The fourth-order valence-electron chi connectivity index (χ4n) is 0.990. The van der Waals surface area contributed by atoms with Gasteiger partial charge in [0.1, 0.15) is 5.78 Å². The molecule has 0 aromatic rings. The Labute approximate surface area is 77.1 Å². The van der Waals surface area contributed by atoms with Crippen molar-refractivity contribution in [2.45, 2.75) is 26.2 Å². The van der Waals surface area contributed by atoms with Gasteiger partial charge in [-0.15, -0.1) is 0 Å². The van der Waals surface area contributed by atoms with E-state index in [9.17, 15) is 4.79 Å². The van der Waals surface area contributed by atoms with E-state index >= 15 is 0 Å². The molecule has 1 rings (SSSR count). The first-order valence-electron chi connectivity index (χ1n) is 3.82. The average molecular weight is 192 g/mol. The Morgan fingerprint density at radius 2 is 1.91 bits per heavy atom. The van der Waals surface area contributed by atoms with E-state index in [0.717, 1.165) is 19.3 Å². The van der Waals surface area contributed by atoms with Crippen LogP contribution < -0.4 is 0 Å². The van der Waals surface area contributed by atoms with Crippen molar-refractivity contribution in [2.24, 2.45) is 5.92 Å². The summed E-state index contributed by atoms with van der Waals surface area (Å²) in [7, 11) is 3.55. The van der Waals surface area contributed by atoms with E-state index in [0.29, 0.717) is 11.7 Å². The van der Waals surface area contributed by atoms with Crippen molar-refractivity contribution in [1.82, 2.24) is 0 Å². The smallest absolute Gasteiger partial charge is 0.135 e. The van der Waals surface area contributed by atoms with E-state index in [1.54, 1.807) is 21.6 Å². The molecular formula is C8H16OS2. The Kier molecular flexibility index (Phi) is 7.28. The molecule has 0 spiro atoms. The topological polar surface area (TPSA) is 17.1 Å². The molecule has 1 aliphatic carbocycles. The highest BCUT2D eigenvalue weighted by atomic mass is 33.1. The molecule has 1 saturated carbocycles. The Hall–Kier alpha value is 0.370. The van der Waals surface area contributed by atoms with Gasteiger partial charge < -0.3 is 0 Å². The molecule has 0 N–H and O–H groups in total. The van der Waals surface area contributed by atoms with Crippen molar-refractivity contribution >= 4 is 27.4 Å². The maximum absolute atomic E-state index is 10.6. The zero-order valence-corrected chi connectivity index (χ0v) is 9.06. The van der Waals surface area contributed by atoms with Gasteiger partial charge >= 0.3 is 0 Å². The van der Waals surface area contributed by atoms with Crippen LogP contribution in [0.2, 0.25) is 0 Å². The van der Waals surface area contributed by atoms with E-state index in [1.807, 2.05) is 6.92 Å². The van der Waals surface area contributed by atoms with Gasteiger partial charge in [0.15, 0.2) is 0 Å². The minimum Gasteiger partial charge on any atom is -0.299 e. The monoisotopic (exact) mass is 192 g/mol. The minimum atomic E-state index is 0.375. The molecule has 1 aliphatic rings. The van der Waals surface area contributed by atoms with Crippen molar-refractivity contribution < 1.29 is 4.79 Å². The van der Waals surface area contributed by atoms with Gasteiger partial charge in [0.25, 0.3) is 0 Å². The summed E-state index contributed by atoms with van der Waals surface area (Å²) in [5.41, 5.74) is 0. The van der Waals surface area contributed by atoms with Gasteiger partial charge in [-0.1, -0.05) is 28.5 Å². The second kappa shape index (κ2) is 7.04. The molecule has 0 aliphatic heterocycles. The molecule has 1 atom stereocenters. The van der Waals surface area contributed by atoms with Crippen LogP contribution >= 0.6 is 21.6 Å². The van der Waals surface area contributed by atoms with E-state index in [1.165, 1.54) is 0 Å². The Morgan fingerprint density at radius 1 is 1.36 bits per heavy atom. The lowest BCUT2D eigenvalue weighted by Gasteiger charge is -1.91. The van der Waals surface area contributed by atoms with Crippen molar-refractivity contribution in [2.75, 3.05) is 12.5 Å². The molecule has 0 radical (unpaired) electrons. The highest BCUT2D eigenvalue weighted by Crippen LogP contribution is 2.19. The second-order valence-electron chi connectivity index (χ2n) is 2.59. The van der Waals surface area contributed by atoms with Gasteiger partial charge in [-0.25, -0.2) is 0 Å². The van der Waals surface area contributed by atoms with Crippen molar-refractivity contribution in [3.8, 4) is 0 Å². The molecule has 0 heterocycles. The SMILES string of the molecule is CC1CCCC1=O.CSSC. The van der Waals surface area contributed by atoms with E-state index in [2.05, 4.69) is 12.5 Å². The highest BCUT2D eigenvalue weighted by Gasteiger charge is 2.18. The van der Waals surface area contributed by atoms with E-state index in [-0.39, 0.29) is 0 Å². The van der Waals surface area contributed by atoms with Crippen molar-refractivity contribution in [3.63, 3.8) is 0 Å². The zero-order chi connectivity index (χ0) is 8.69. The van der Waals surface area contributed by atoms with Gasteiger partial charge in [-0.3, -0.25) is 4.79 Å². The summed E-state index contributed by atoms with van der Waals surface area (Å²) in [5, 5.41) is 0. The third-order valence-electron chi connectivity index (χ3n) is 1.78. The fraction of sp³-hybridized carbons (Fsp3) is 0.875. The second-order valence-corrected chi connectivity index (χ2v) is 5.26. The van der Waals surface area contributed by atoms with Crippen LogP contribution in [0, 0.1) is 5.92 Å². The first kappa shape index (κ1) is 11.4. The van der Waals surface area contributed by atoms with Crippen molar-refractivity contribution in [1.29, 1.82) is 0 Å². The van der Waals surface area contributed by atoms with Crippen LogP contribution in [0.3, 0.4) is 0 Å². The van der Waals surface area contributed by atoms with Crippen LogP contribution in [0.4, 0.5) is 0 Å². The lowest BCUT2D eigenvalue weighted by atomic mass is 10.1. The number of carbonyl (C=O) groups excluding carboxylic acids is 1. The normalized spacial score (nSPS) is 22.8. The van der Waals surface area contributed by atoms with Gasteiger partial charge in [0.2, 0.25) is 0 Å². The van der Waals surface area contributed by atoms with Crippen LogP contribution in [-0.2, 0) is 4.79 Å². The number of rotatable bonds is 1. The molecule has 0 amide bonds. The molecule has 66 valence electrons. The quantitative estimate of drug-likeness (QED) is 0.595. The van der Waals surface area contributed by atoms with E-state index in [4.69, 9.17) is 0 Å². The standard InChI is InChI=1S/C6H10O.C2H6S2/c1-5-3-2-4-6(5)7;1-3-4-2/h5H,2-4H2,1H3;1-2H3. The van der Waals surface area contributed by atoms with Gasteiger partial charge in [-0.05, 0) is 25.4 Å². The lowest BCUT2D eigenvalue weighted by molar-refractivity contribution is -0.120. The summed E-state index contributed by atoms with van der Waals surface area (Å²) in [6, 6.07) is 0. The third kappa shape index (κ3) is 5.62. The molecule has 3 heteroatoms. The molecular weight excluding hydrogens is 176 g/mol. The third-order valence-corrected chi connectivity index (χ3v) is 3.11. The molecule has 0 aromatic carbocycles. The summed E-state index contributed by atoms with van der Waals surface area (Å²) in [4.78, 5) is 10.6. The summed E-state index contributed by atoms with van der Waals surface area (Å²) < 4.78 is 0. The largest absolute Gasteiger partial charge is 0.299 e. The Balaban J connectivity index is 0.000000218. The maximum Gasteiger partial charge on any atom is 0.135 e. The highest BCUT2D eigenvalue weighted by molar-refractivity contribution is 8.76. The summed E-state index contributed by atoms with van der Waals surface area (Å²) in [5.74, 6) is 0.833. The summed E-state index contributed by atoms with van der Waals surface area (Å²) in [6.07, 6.45) is 7.20. The summed E-state index contributed by atoms with van der Waals surface area (Å²) >= 11 is 0. The predicted octanol–water partition coefficient (Wildman–Crippen LogP) is 3.00. The van der Waals surface area contributed by atoms with Crippen LogP contribution in [0.5, 0.6) is 0 Å². The molecule has 0 saturated heterocycles. The van der Waals surface area contributed by atoms with Crippen LogP contribution in [0.25, 0.3) is 0 Å². The fourth-order valence-corrected chi connectivity index (χ4v) is 0.990. The molecule has 0 aromatic heterocycles. The van der Waals surface area contributed by atoms with Crippen molar-refractivity contribution in [3.05, 3.63) is 0 Å². The van der Waals surface area contributed by atoms with Crippen LogP contribution in [0.15, 0.2) is 0 Å². The van der Waals surface area contributed by atoms with Gasteiger partial charge in [0.05, 0.1) is 0 Å². The first-order chi connectivity index (χ1) is 5.22. The van der Waals surface area contributed by atoms with Gasteiger partial charge in [0, 0.05) is 12.3 Å². The average Bonchev–Trinajstić information content (AvgIpc) is 2.37. The Morgan fingerprint density at radius 3 is 2.00 bits per heavy atom. The van der Waals surface area contributed by atoms with Crippen LogP contribution in [0.1, 0.15) is 26.2 Å². The zero-order valence-electron chi connectivity index (χ0n) is 7.42. The van der Waals surface area contributed by atoms with Gasteiger partial charge in [-0.2, -0.15) is 0 Å². The molecule has 0 bridgehead atoms. The Bertz CT molecular complexity index is 113. The number of hydrogen-bond donors (Lipinski definition) is 0. The van der Waals surface area contributed by atoms with E-state index < -0.39 is 0 Å². The lowest BCUT2D eigenvalue weighted by Crippen LogP contribution is -1.98. The molecule has 1 unspecified atom stereocenters. The molecule has 1 fully saturated rings. The number of carbonyl (C=O) groups is 1. The first-order valence-corrected chi connectivity index (χ1v) is 6.78. The minimum absolute atomic E-state index is 0.375. The molecule has 11 heavy (non-hydrogen) atoms. The van der Waals surface area contributed by atoms with Crippen LogP contribution in [-0.4, -0.2) is 18.3 Å². The number of Topliss-reactive ketones (excluding diaryl/α,β-unsaturated/α-hetero) is 1.